The second-order valence-corrected chi connectivity index (χ2v) is 4.55. The SMILES string of the molecule is COc1cc(C2(C(C)N)CC2)c(F)c(O)c1F. The van der Waals surface area contributed by atoms with Gasteiger partial charge in [-0.2, -0.15) is 4.39 Å². The van der Waals surface area contributed by atoms with Gasteiger partial charge in [-0.1, -0.05) is 0 Å². The van der Waals surface area contributed by atoms with Gasteiger partial charge < -0.3 is 15.6 Å². The van der Waals surface area contributed by atoms with E-state index in [1.165, 1.54) is 13.2 Å². The Morgan fingerprint density at radius 3 is 2.41 bits per heavy atom. The fourth-order valence-electron chi connectivity index (χ4n) is 2.21. The molecule has 3 nitrogen and oxygen atoms in total. The average molecular weight is 243 g/mol. The zero-order valence-electron chi connectivity index (χ0n) is 9.76. The van der Waals surface area contributed by atoms with E-state index in [0.717, 1.165) is 12.8 Å². The third kappa shape index (κ3) is 1.65. The molecule has 94 valence electrons. The number of nitrogens with two attached hydrogens (primary N) is 1. The summed E-state index contributed by atoms with van der Waals surface area (Å²) in [5.41, 5.74) is 5.57. The minimum absolute atomic E-state index is 0.161. The molecule has 0 spiro atoms. The van der Waals surface area contributed by atoms with E-state index in [1.807, 2.05) is 0 Å². The van der Waals surface area contributed by atoms with Crippen LogP contribution in [0.2, 0.25) is 0 Å². The third-order valence-corrected chi connectivity index (χ3v) is 3.56. The molecule has 0 amide bonds. The second kappa shape index (κ2) is 3.84. The number of rotatable bonds is 3. The molecule has 1 aliphatic carbocycles. The van der Waals surface area contributed by atoms with Gasteiger partial charge >= 0.3 is 0 Å². The molecule has 0 heterocycles. The summed E-state index contributed by atoms with van der Waals surface area (Å²) in [5, 5.41) is 9.40. The normalized spacial score (nSPS) is 18.9. The Hall–Kier alpha value is -1.36. The molecule has 1 saturated carbocycles. The van der Waals surface area contributed by atoms with Gasteiger partial charge in [0, 0.05) is 17.0 Å². The van der Waals surface area contributed by atoms with E-state index in [9.17, 15) is 13.9 Å². The predicted molar refractivity (Wildman–Crippen MR) is 59.1 cm³/mol. The summed E-state index contributed by atoms with van der Waals surface area (Å²) in [4.78, 5) is 0. The van der Waals surface area contributed by atoms with E-state index >= 15 is 0 Å². The van der Waals surface area contributed by atoms with E-state index in [0.29, 0.717) is 0 Å². The average Bonchev–Trinajstić information content (AvgIpc) is 3.08. The number of ether oxygens (including phenoxy) is 1. The molecule has 1 unspecified atom stereocenters. The van der Waals surface area contributed by atoms with E-state index in [1.54, 1.807) is 6.92 Å². The first-order valence-corrected chi connectivity index (χ1v) is 5.45. The van der Waals surface area contributed by atoms with Crippen molar-refractivity contribution >= 4 is 0 Å². The Bertz CT molecular complexity index is 456. The molecule has 1 aliphatic rings. The minimum atomic E-state index is -1.07. The molecular formula is C12H15F2NO2. The molecule has 3 N–H and O–H groups in total. The smallest absolute Gasteiger partial charge is 0.209 e. The first-order valence-electron chi connectivity index (χ1n) is 5.45. The Morgan fingerprint density at radius 1 is 1.41 bits per heavy atom. The molecule has 1 aromatic rings. The van der Waals surface area contributed by atoms with Crippen molar-refractivity contribution in [3.63, 3.8) is 0 Å². The van der Waals surface area contributed by atoms with Crippen molar-refractivity contribution in [2.45, 2.75) is 31.2 Å². The van der Waals surface area contributed by atoms with Crippen molar-refractivity contribution < 1.29 is 18.6 Å². The highest BCUT2D eigenvalue weighted by atomic mass is 19.1. The number of hydrogen-bond donors (Lipinski definition) is 2. The van der Waals surface area contributed by atoms with E-state index < -0.39 is 22.8 Å². The third-order valence-electron chi connectivity index (χ3n) is 3.56. The molecule has 1 atom stereocenters. The fourth-order valence-corrected chi connectivity index (χ4v) is 2.21. The number of benzene rings is 1. The zero-order chi connectivity index (χ0) is 12.8. The molecule has 0 aliphatic heterocycles. The molecule has 0 radical (unpaired) electrons. The van der Waals surface area contributed by atoms with E-state index in [4.69, 9.17) is 10.5 Å². The number of halogens is 2. The van der Waals surface area contributed by atoms with Gasteiger partial charge in [-0.05, 0) is 25.8 Å². The van der Waals surface area contributed by atoms with Crippen LogP contribution in [0.3, 0.4) is 0 Å². The van der Waals surface area contributed by atoms with Crippen molar-refractivity contribution in [1.29, 1.82) is 0 Å². The van der Waals surface area contributed by atoms with Crippen LogP contribution in [0, 0.1) is 11.6 Å². The van der Waals surface area contributed by atoms with Gasteiger partial charge in [-0.15, -0.1) is 0 Å². The molecule has 0 bridgehead atoms. The van der Waals surface area contributed by atoms with Gasteiger partial charge in [0.25, 0.3) is 0 Å². The maximum absolute atomic E-state index is 13.9. The van der Waals surface area contributed by atoms with Crippen molar-refractivity contribution in [3.05, 3.63) is 23.3 Å². The largest absolute Gasteiger partial charge is 0.503 e. The van der Waals surface area contributed by atoms with Gasteiger partial charge in [-0.3, -0.25) is 0 Å². The highest BCUT2D eigenvalue weighted by molar-refractivity contribution is 5.47. The number of aromatic hydroxyl groups is 1. The fraction of sp³-hybridized carbons (Fsp3) is 0.500. The molecule has 17 heavy (non-hydrogen) atoms. The van der Waals surface area contributed by atoms with Gasteiger partial charge in [0.05, 0.1) is 7.11 Å². The molecule has 5 heteroatoms. The van der Waals surface area contributed by atoms with Crippen molar-refractivity contribution in [1.82, 2.24) is 0 Å². The van der Waals surface area contributed by atoms with Gasteiger partial charge in [0.2, 0.25) is 5.82 Å². The zero-order valence-corrected chi connectivity index (χ0v) is 9.76. The lowest BCUT2D eigenvalue weighted by Crippen LogP contribution is -2.32. The second-order valence-electron chi connectivity index (χ2n) is 4.55. The summed E-state index contributed by atoms with van der Waals surface area (Å²) in [7, 11) is 1.27. The lowest BCUT2D eigenvalue weighted by Gasteiger charge is -2.22. The predicted octanol–water partition coefficient (Wildman–Crippen LogP) is 2.06. The van der Waals surface area contributed by atoms with Crippen LogP contribution in [0.4, 0.5) is 8.78 Å². The highest BCUT2D eigenvalue weighted by Gasteiger charge is 2.50. The van der Waals surface area contributed by atoms with Crippen molar-refractivity contribution in [2.75, 3.05) is 7.11 Å². The molecular weight excluding hydrogens is 228 g/mol. The van der Waals surface area contributed by atoms with Crippen LogP contribution >= 0.6 is 0 Å². The number of hydrogen-bond acceptors (Lipinski definition) is 3. The van der Waals surface area contributed by atoms with Crippen molar-refractivity contribution in [2.24, 2.45) is 5.73 Å². The van der Waals surface area contributed by atoms with E-state index in [2.05, 4.69) is 0 Å². The number of phenols is 1. The Kier molecular flexibility index (Phi) is 2.73. The van der Waals surface area contributed by atoms with E-state index in [-0.39, 0.29) is 17.4 Å². The molecule has 0 aromatic heterocycles. The standard InChI is InChI=1S/C12H15F2NO2/c1-6(15)12(3-4-12)7-5-8(17-2)10(14)11(16)9(7)13/h5-6,16H,3-4,15H2,1-2H3. The molecule has 2 rings (SSSR count). The Morgan fingerprint density at radius 2 is 2.00 bits per heavy atom. The first kappa shape index (κ1) is 12.1. The van der Waals surface area contributed by atoms with Crippen molar-refractivity contribution in [3.8, 4) is 11.5 Å². The lowest BCUT2D eigenvalue weighted by atomic mass is 9.88. The monoisotopic (exact) mass is 243 g/mol. The summed E-state index contributed by atoms with van der Waals surface area (Å²) in [5.74, 6) is -3.16. The topological polar surface area (TPSA) is 55.5 Å². The first-order chi connectivity index (χ1) is 7.94. The summed E-state index contributed by atoms with van der Waals surface area (Å²) < 4.78 is 32.1. The number of methoxy groups -OCH3 is 1. The number of phenolic OH excluding ortho intramolecular Hbond substituents is 1. The Balaban J connectivity index is 2.59. The van der Waals surface area contributed by atoms with Crippen LogP contribution in [0.5, 0.6) is 11.5 Å². The quantitative estimate of drug-likeness (QED) is 0.854. The summed E-state index contributed by atoms with van der Waals surface area (Å²) in [6.07, 6.45) is 1.46. The molecule has 1 aromatic carbocycles. The molecule has 0 saturated heterocycles. The van der Waals surface area contributed by atoms with Gasteiger partial charge in [0.15, 0.2) is 17.3 Å². The van der Waals surface area contributed by atoms with Crippen LogP contribution in [0.1, 0.15) is 25.3 Å². The van der Waals surface area contributed by atoms with Gasteiger partial charge in [0.1, 0.15) is 0 Å². The lowest BCUT2D eigenvalue weighted by molar-refractivity contribution is 0.343. The van der Waals surface area contributed by atoms with Crippen LogP contribution in [-0.4, -0.2) is 18.3 Å². The van der Waals surface area contributed by atoms with Gasteiger partial charge in [-0.25, -0.2) is 4.39 Å². The van der Waals surface area contributed by atoms with Crippen LogP contribution < -0.4 is 10.5 Å². The summed E-state index contributed by atoms with van der Waals surface area (Å²) >= 11 is 0. The maximum Gasteiger partial charge on any atom is 0.209 e. The highest BCUT2D eigenvalue weighted by Crippen LogP contribution is 2.53. The Labute approximate surface area is 98.2 Å². The summed E-state index contributed by atoms with van der Waals surface area (Å²) in [6, 6.07) is 1.03. The minimum Gasteiger partial charge on any atom is -0.503 e. The van der Waals surface area contributed by atoms with Crippen LogP contribution in [0.15, 0.2) is 6.07 Å². The summed E-state index contributed by atoms with van der Waals surface area (Å²) in [6.45, 7) is 1.78. The molecule has 1 fully saturated rings. The van der Waals surface area contributed by atoms with Crippen LogP contribution in [0.25, 0.3) is 0 Å². The van der Waals surface area contributed by atoms with Crippen LogP contribution in [-0.2, 0) is 5.41 Å². The maximum atomic E-state index is 13.9.